The molecule has 24 heavy (non-hydrogen) atoms. The number of rotatable bonds is 4. The number of thiophene rings is 1. The zero-order valence-electron chi connectivity index (χ0n) is 13.5. The molecule has 2 amide bonds. The maximum absolute atomic E-state index is 12.3. The van der Waals surface area contributed by atoms with Gasteiger partial charge in [0.25, 0.3) is 0 Å². The first-order chi connectivity index (χ1) is 11.6. The number of hydrogen-bond acceptors (Lipinski definition) is 5. The Kier molecular flexibility index (Phi) is 3.84. The third-order valence-electron chi connectivity index (χ3n) is 4.67. The van der Waals surface area contributed by atoms with Crippen molar-refractivity contribution in [2.24, 2.45) is 7.05 Å². The summed E-state index contributed by atoms with van der Waals surface area (Å²) in [6.45, 7) is 2.21. The Morgan fingerprint density at radius 3 is 2.92 bits per heavy atom. The normalized spacial score (nSPS) is 18.3. The standard InChI is InChI=1S/C16H19N5O2S/c1-19-16(17-15(18-19)11-4-6-24-10-11)12-7-21(8-12)14(23)9-20-5-2-3-13(20)22/h4,6,10,12H,2-3,5,7-9H2,1H3. The molecule has 0 radical (unpaired) electrons. The minimum absolute atomic E-state index is 0.0294. The predicted octanol–water partition coefficient (Wildman–Crippen LogP) is 1.09. The van der Waals surface area contributed by atoms with Crippen LogP contribution < -0.4 is 0 Å². The maximum Gasteiger partial charge on any atom is 0.242 e. The van der Waals surface area contributed by atoms with Crippen molar-refractivity contribution in [1.82, 2.24) is 24.6 Å². The average Bonchev–Trinajstić information content (AvgIpc) is 3.21. The van der Waals surface area contributed by atoms with Gasteiger partial charge < -0.3 is 9.80 Å². The molecule has 0 spiro atoms. The molecule has 0 unspecified atom stereocenters. The zero-order chi connectivity index (χ0) is 16.7. The van der Waals surface area contributed by atoms with Crippen LogP contribution in [0.2, 0.25) is 0 Å². The van der Waals surface area contributed by atoms with Gasteiger partial charge in [0, 0.05) is 44.0 Å². The number of carbonyl (C=O) groups excluding carboxylic acids is 2. The molecule has 2 aromatic rings. The Morgan fingerprint density at radius 2 is 2.25 bits per heavy atom. The number of likely N-dealkylation sites (tertiary alicyclic amines) is 2. The molecule has 2 aromatic heterocycles. The van der Waals surface area contributed by atoms with E-state index in [1.165, 1.54) is 0 Å². The molecular weight excluding hydrogens is 326 g/mol. The van der Waals surface area contributed by atoms with Crippen LogP contribution in [0.5, 0.6) is 0 Å². The molecule has 7 nitrogen and oxygen atoms in total. The second-order valence-corrected chi connectivity index (χ2v) is 7.12. The first-order valence-corrected chi connectivity index (χ1v) is 9.05. The van der Waals surface area contributed by atoms with Gasteiger partial charge >= 0.3 is 0 Å². The van der Waals surface area contributed by atoms with Crippen molar-refractivity contribution in [3.05, 3.63) is 22.7 Å². The number of nitrogens with zero attached hydrogens (tertiary/aromatic N) is 5. The third-order valence-corrected chi connectivity index (χ3v) is 5.36. The molecule has 2 aliphatic heterocycles. The summed E-state index contributed by atoms with van der Waals surface area (Å²) in [7, 11) is 1.89. The summed E-state index contributed by atoms with van der Waals surface area (Å²) in [5, 5.41) is 8.51. The van der Waals surface area contributed by atoms with E-state index in [0.717, 1.165) is 23.6 Å². The van der Waals surface area contributed by atoms with E-state index in [9.17, 15) is 9.59 Å². The minimum Gasteiger partial charge on any atom is -0.340 e. The van der Waals surface area contributed by atoms with Crippen LogP contribution in [0.15, 0.2) is 16.8 Å². The molecular formula is C16H19N5O2S. The van der Waals surface area contributed by atoms with Gasteiger partial charge in [0.05, 0.1) is 12.5 Å². The first-order valence-electron chi connectivity index (χ1n) is 8.11. The van der Waals surface area contributed by atoms with E-state index in [2.05, 4.69) is 10.1 Å². The lowest BCUT2D eigenvalue weighted by molar-refractivity contribution is -0.141. The van der Waals surface area contributed by atoms with E-state index >= 15 is 0 Å². The van der Waals surface area contributed by atoms with Crippen LogP contribution in [-0.4, -0.2) is 62.6 Å². The molecule has 0 bridgehead atoms. The predicted molar refractivity (Wildman–Crippen MR) is 89.5 cm³/mol. The summed E-state index contributed by atoms with van der Waals surface area (Å²) < 4.78 is 1.81. The summed E-state index contributed by atoms with van der Waals surface area (Å²) in [5.41, 5.74) is 1.03. The van der Waals surface area contributed by atoms with E-state index in [1.54, 1.807) is 21.1 Å². The van der Waals surface area contributed by atoms with Gasteiger partial charge in [-0.05, 0) is 17.9 Å². The number of carbonyl (C=O) groups is 2. The van der Waals surface area contributed by atoms with Crippen molar-refractivity contribution >= 4 is 23.2 Å². The highest BCUT2D eigenvalue weighted by Gasteiger charge is 2.36. The summed E-state index contributed by atoms with van der Waals surface area (Å²) >= 11 is 1.62. The molecule has 4 rings (SSSR count). The molecule has 4 heterocycles. The molecule has 0 N–H and O–H groups in total. The molecule has 126 valence electrons. The highest BCUT2D eigenvalue weighted by Crippen LogP contribution is 2.28. The van der Waals surface area contributed by atoms with Crippen LogP contribution in [0.1, 0.15) is 24.6 Å². The van der Waals surface area contributed by atoms with Gasteiger partial charge in [-0.25, -0.2) is 4.98 Å². The van der Waals surface area contributed by atoms with Gasteiger partial charge in [0.2, 0.25) is 11.8 Å². The van der Waals surface area contributed by atoms with Crippen LogP contribution in [0.3, 0.4) is 0 Å². The monoisotopic (exact) mass is 345 g/mol. The van der Waals surface area contributed by atoms with Gasteiger partial charge in [-0.2, -0.15) is 16.4 Å². The molecule has 2 fully saturated rings. The Morgan fingerprint density at radius 1 is 1.42 bits per heavy atom. The first kappa shape index (κ1) is 15.3. The van der Waals surface area contributed by atoms with Crippen molar-refractivity contribution in [1.29, 1.82) is 0 Å². The van der Waals surface area contributed by atoms with Gasteiger partial charge in [-0.3, -0.25) is 14.3 Å². The smallest absolute Gasteiger partial charge is 0.242 e. The summed E-state index contributed by atoms with van der Waals surface area (Å²) in [4.78, 5) is 32.0. The van der Waals surface area contributed by atoms with E-state index in [0.29, 0.717) is 26.1 Å². The van der Waals surface area contributed by atoms with Gasteiger partial charge in [-0.1, -0.05) is 0 Å². The van der Waals surface area contributed by atoms with Crippen LogP contribution >= 0.6 is 11.3 Å². The highest BCUT2D eigenvalue weighted by atomic mass is 32.1. The highest BCUT2D eigenvalue weighted by molar-refractivity contribution is 7.08. The molecule has 8 heteroatoms. The largest absolute Gasteiger partial charge is 0.340 e. The van der Waals surface area contributed by atoms with E-state index in [1.807, 2.05) is 28.6 Å². The van der Waals surface area contributed by atoms with Crippen molar-refractivity contribution in [2.75, 3.05) is 26.2 Å². The maximum atomic E-state index is 12.3. The van der Waals surface area contributed by atoms with E-state index in [-0.39, 0.29) is 24.3 Å². The molecule has 0 saturated carbocycles. The number of aromatic nitrogens is 3. The fourth-order valence-electron chi connectivity index (χ4n) is 3.25. The summed E-state index contributed by atoms with van der Waals surface area (Å²) in [6, 6.07) is 2.01. The Labute approximate surface area is 143 Å². The molecule has 2 saturated heterocycles. The fourth-order valence-corrected chi connectivity index (χ4v) is 3.88. The summed E-state index contributed by atoms with van der Waals surface area (Å²) in [5.74, 6) is 1.99. The van der Waals surface area contributed by atoms with Crippen molar-refractivity contribution < 1.29 is 9.59 Å². The second kappa shape index (κ2) is 6.01. The van der Waals surface area contributed by atoms with E-state index in [4.69, 9.17) is 0 Å². The lowest BCUT2D eigenvalue weighted by Gasteiger charge is -2.39. The number of amides is 2. The summed E-state index contributed by atoms with van der Waals surface area (Å²) in [6.07, 6.45) is 1.43. The Hall–Kier alpha value is -2.22. The van der Waals surface area contributed by atoms with Gasteiger partial charge in [0.1, 0.15) is 5.82 Å². The van der Waals surface area contributed by atoms with Crippen LogP contribution in [-0.2, 0) is 16.6 Å². The number of aryl methyl sites for hydroxylation is 1. The van der Waals surface area contributed by atoms with Crippen molar-refractivity contribution in [2.45, 2.75) is 18.8 Å². The molecule has 0 atom stereocenters. The quantitative estimate of drug-likeness (QED) is 0.832. The average molecular weight is 345 g/mol. The minimum atomic E-state index is 0.0294. The lowest BCUT2D eigenvalue weighted by atomic mass is 9.99. The number of hydrogen-bond donors (Lipinski definition) is 0. The van der Waals surface area contributed by atoms with Crippen molar-refractivity contribution in [3.63, 3.8) is 0 Å². The van der Waals surface area contributed by atoms with Gasteiger partial charge in [-0.15, -0.1) is 0 Å². The fraction of sp³-hybridized carbons (Fsp3) is 0.500. The topological polar surface area (TPSA) is 71.3 Å². The second-order valence-electron chi connectivity index (χ2n) is 6.34. The Bertz CT molecular complexity index is 764. The SMILES string of the molecule is Cn1nc(-c2ccsc2)nc1C1CN(C(=O)CN2CCCC2=O)C1. The third kappa shape index (κ3) is 2.71. The van der Waals surface area contributed by atoms with Crippen LogP contribution in [0.4, 0.5) is 0 Å². The van der Waals surface area contributed by atoms with Crippen molar-refractivity contribution in [3.8, 4) is 11.4 Å². The molecule has 2 aliphatic rings. The molecule has 0 aromatic carbocycles. The zero-order valence-corrected chi connectivity index (χ0v) is 14.3. The van der Waals surface area contributed by atoms with Crippen LogP contribution in [0, 0.1) is 0 Å². The Balaban J connectivity index is 1.37. The van der Waals surface area contributed by atoms with Crippen LogP contribution in [0.25, 0.3) is 11.4 Å². The lowest BCUT2D eigenvalue weighted by Crippen LogP contribution is -2.52. The van der Waals surface area contributed by atoms with E-state index < -0.39 is 0 Å². The van der Waals surface area contributed by atoms with Gasteiger partial charge in [0.15, 0.2) is 5.82 Å². The molecule has 0 aliphatic carbocycles.